The van der Waals surface area contributed by atoms with Gasteiger partial charge in [0.25, 0.3) is 5.91 Å². The fourth-order valence-corrected chi connectivity index (χ4v) is 2.60. The minimum Gasteiger partial charge on any atom is -0.346 e. The third-order valence-electron chi connectivity index (χ3n) is 3.92. The van der Waals surface area contributed by atoms with Crippen LogP contribution in [0.25, 0.3) is 17.0 Å². The number of halogens is 1. The molecule has 0 aliphatic rings. The SMILES string of the molecule is O=C(NCc1ccccn1)c1ccc2nnc(-c3ccc(F)cc3)n2c1. The van der Waals surface area contributed by atoms with Gasteiger partial charge in [-0.3, -0.25) is 14.2 Å². The van der Waals surface area contributed by atoms with Gasteiger partial charge in [0.2, 0.25) is 0 Å². The zero-order valence-electron chi connectivity index (χ0n) is 13.6. The molecule has 0 unspecified atom stereocenters. The number of pyridine rings is 2. The van der Waals surface area contributed by atoms with Crippen molar-refractivity contribution < 1.29 is 9.18 Å². The molecule has 26 heavy (non-hydrogen) atoms. The second-order valence-electron chi connectivity index (χ2n) is 5.68. The number of carbonyl (C=O) groups is 1. The van der Waals surface area contributed by atoms with Crippen LogP contribution in [0, 0.1) is 5.82 Å². The Balaban J connectivity index is 1.61. The van der Waals surface area contributed by atoms with Gasteiger partial charge in [0.15, 0.2) is 11.5 Å². The van der Waals surface area contributed by atoms with Crippen LogP contribution in [0.1, 0.15) is 16.1 Å². The van der Waals surface area contributed by atoms with E-state index in [9.17, 15) is 9.18 Å². The smallest absolute Gasteiger partial charge is 0.253 e. The van der Waals surface area contributed by atoms with Crippen molar-refractivity contribution in [3.8, 4) is 11.4 Å². The number of hydrogen-bond donors (Lipinski definition) is 1. The summed E-state index contributed by atoms with van der Waals surface area (Å²) in [6.45, 7) is 0.338. The van der Waals surface area contributed by atoms with Crippen molar-refractivity contribution in [3.05, 3.63) is 84.1 Å². The Kier molecular flexibility index (Phi) is 4.10. The van der Waals surface area contributed by atoms with E-state index in [4.69, 9.17) is 0 Å². The first-order valence-electron chi connectivity index (χ1n) is 7.99. The molecule has 0 bridgehead atoms. The lowest BCUT2D eigenvalue weighted by Crippen LogP contribution is -2.23. The second-order valence-corrected chi connectivity index (χ2v) is 5.68. The van der Waals surface area contributed by atoms with E-state index in [-0.39, 0.29) is 11.7 Å². The lowest BCUT2D eigenvalue weighted by Gasteiger charge is -2.06. The molecule has 0 spiro atoms. The van der Waals surface area contributed by atoms with Gasteiger partial charge in [-0.1, -0.05) is 6.07 Å². The zero-order chi connectivity index (χ0) is 17.9. The van der Waals surface area contributed by atoms with Gasteiger partial charge in [0.1, 0.15) is 5.82 Å². The normalized spacial score (nSPS) is 10.8. The first-order valence-corrected chi connectivity index (χ1v) is 7.99. The summed E-state index contributed by atoms with van der Waals surface area (Å²) in [6.07, 6.45) is 3.35. The quantitative estimate of drug-likeness (QED) is 0.616. The molecule has 0 radical (unpaired) electrons. The maximum Gasteiger partial charge on any atom is 0.253 e. The molecule has 6 nitrogen and oxygen atoms in total. The number of fused-ring (bicyclic) bond motifs is 1. The van der Waals surface area contributed by atoms with E-state index in [0.29, 0.717) is 29.1 Å². The Morgan fingerprint density at radius 1 is 1.04 bits per heavy atom. The van der Waals surface area contributed by atoms with Gasteiger partial charge in [-0.05, 0) is 48.5 Å². The van der Waals surface area contributed by atoms with E-state index in [0.717, 1.165) is 5.69 Å². The third kappa shape index (κ3) is 3.14. The summed E-state index contributed by atoms with van der Waals surface area (Å²) < 4.78 is 14.8. The molecule has 0 aliphatic heterocycles. The van der Waals surface area contributed by atoms with Crippen molar-refractivity contribution in [2.75, 3.05) is 0 Å². The molecule has 1 amide bonds. The van der Waals surface area contributed by atoms with Gasteiger partial charge >= 0.3 is 0 Å². The van der Waals surface area contributed by atoms with Crippen molar-refractivity contribution in [2.45, 2.75) is 6.54 Å². The van der Waals surface area contributed by atoms with Crippen molar-refractivity contribution in [3.63, 3.8) is 0 Å². The van der Waals surface area contributed by atoms with E-state index < -0.39 is 0 Å². The molecule has 0 saturated heterocycles. The number of amides is 1. The number of carbonyl (C=O) groups excluding carboxylic acids is 1. The second kappa shape index (κ2) is 6.72. The van der Waals surface area contributed by atoms with Crippen LogP contribution in [0.2, 0.25) is 0 Å². The van der Waals surface area contributed by atoms with Crippen LogP contribution < -0.4 is 5.32 Å². The maximum absolute atomic E-state index is 13.1. The summed E-state index contributed by atoms with van der Waals surface area (Å²) in [6, 6.07) is 14.9. The molecule has 3 heterocycles. The molecule has 0 fully saturated rings. The summed E-state index contributed by atoms with van der Waals surface area (Å²) in [5.41, 5.74) is 2.56. The van der Waals surface area contributed by atoms with Crippen LogP contribution in [-0.4, -0.2) is 25.5 Å². The topological polar surface area (TPSA) is 72.2 Å². The molecule has 0 atom stereocenters. The highest BCUT2D eigenvalue weighted by molar-refractivity contribution is 5.94. The maximum atomic E-state index is 13.1. The minimum atomic E-state index is -0.322. The largest absolute Gasteiger partial charge is 0.346 e. The van der Waals surface area contributed by atoms with Gasteiger partial charge in [0, 0.05) is 18.0 Å². The third-order valence-corrected chi connectivity index (χ3v) is 3.92. The van der Waals surface area contributed by atoms with E-state index >= 15 is 0 Å². The average molecular weight is 347 g/mol. The summed E-state index contributed by atoms with van der Waals surface area (Å²) in [4.78, 5) is 16.6. The van der Waals surface area contributed by atoms with E-state index in [1.807, 2.05) is 18.2 Å². The monoisotopic (exact) mass is 347 g/mol. The number of nitrogens with one attached hydrogen (secondary N) is 1. The lowest BCUT2D eigenvalue weighted by molar-refractivity contribution is 0.0950. The van der Waals surface area contributed by atoms with Crippen LogP contribution in [-0.2, 0) is 6.54 Å². The van der Waals surface area contributed by atoms with Crippen LogP contribution >= 0.6 is 0 Å². The summed E-state index contributed by atoms with van der Waals surface area (Å²) in [5.74, 6) is -0.00663. The molecule has 3 aromatic heterocycles. The van der Waals surface area contributed by atoms with Crippen LogP contribution in [0.5, 0.6) is 0 Å². The number of aromatic nitrogens is 4. The molecule has 7 heteroatoms. The Bertz CT molecular complexity index is 1060. The number of benzene rings is 1. The Morgan fingerprint density at radius 3 is 2.65 bits per heavy atom. The van der Waals surface area contributed by atoms with Crippen LogP contribution in [0.15, 0.2) is 67.0 Å². The Labute approximate surface area is 148 Å². The molecule has 0 aliphatic carbocycles. The van der Waals surface area contributed by atoms with E-state index in [1.165, 1.54) is 12.1 Å². The fraction of sp³-hybridized carbons (Fsp3) is 0.0526. The molecular weight excluding hydrogens is 333 g/mol. The molecule has 0 saturated carbocycles. The highest BCUT2D eigenvalue weighted by Crippen LogP contribution is 2.19. The fourth-order valence-electron chi connectivity index (χ4n) is 2.60. The lowest BCUT2D eigenvalue weighted by atomic mass is 10.2. The summed E-state index contributed by atoms with van der Waals surface area (Å²) >= 11 is 0. The highest BCUT2D eigenvalue weighted by Gasteiger charge is 2.12. The Hall–Kier alpha value is -3.61. The standard InChI is InChI=1S/C19H14FN5O/c20-15-7-4-13(5-8-15)18-24-23-17-9-6-14(12-25(17)18)19(26)22-11-16-3-1-2-10-21-16/h1-10,12H,11H2,(H,22,26). The molecule has 128 valence electrons. The highest BCUT2D eigenvalue weighted by atomic mass is 19.1. The molecule has 1 N–H and O–H groups in total. The van der Waals surface area contributed by atoms with Crippen LogP contribution in [0.4, 0.5) is 4.39 Å². The minimum absolute atomic E-state index is 0.226. The molecule has 1 aromatic carbocycles. The number of rotatable bonds is 4. The van der Waals surface area contributed by atoms with Gasteiger partial charge in [-0.25, -0.2) is 4.39 Å². The summed E-state index contributed by atoms with van der Waals surface area (Å²) in [5, 5.41) is 11.1. The van der Waals surface area contributed by atoms with E-state index in [2.05, 4.69) is 20.5 Å². The number of hydrogen-bond acceptors (Lipinski definition) is 4. The Morgan fingerprint density at radius 2 is 1.88 bits per heavy atom. The van der Waals surface area contributed by atoms with Gasteiger partial charge in [-0.15, -0.1) is 10.2 Å². The average Bonchev–Trinajstić information content (AvgIpc) is 3.11. The van der Waals surface area contributed by atoms with Crippen molar-refractivity contribution in [1.82, 2.24) is 24.9 Å². The predicted octanol–water partition coefficient (Wildman–Crippen LogP) is 2.86. The molecule has 4 rings (SSSR count). The zero-order valence-corrected chi connectivity index (χ0v) is 13.6. The van der Waals surface area contributed by atoms with E-state index in [1.54, 1.807) is 41.1 Å². The van der Waals surface area contributed by atoms with Crippen molar-refractivity contribution in [1.29, 1.82) is 0 Å². The van der Waals surface area contributed by atoms with Gasteiger partial charge < -0.3 is 5.32 Å². The first kappa shape index (κ1) is 15.9. The summed E-state index contributed by atoms with van der Waals surface area (Å²) in [7, 11) is 0. The van der Waals surface area contributed by atoms with Crippen LogP contribution in [0.3, 0.4) is 0 Å². The number of nitrogens with zero attached hydrogens (tertiary/aromatic N) is 4. The van der Waals surface area contributed by atoms with Gasteiger partial charge in [-0.2, -0.15) is 0 Å². The van der Waals surface area contributed by atoms with Gasteiger partial charge in [0.05, 0.1) is 17.8 Å². The first-order chi connectivity index (χ1) is 12.7. The van der Waals surface area contributed by atoms with Crippen molar-refractivity contribution in [2.24, 2.45) is 0 Å². The molecule has 4 aromatic rings. The predicted molar refractivity (Wildman–Crippen MR) is 93.8 cm³/mol. The molecular formula is C19H14FN5O. The van der Waals surface area contributed by atoms with Crippen molar-refractivity contribution >= 4 is 11.6 Å².